The second-order valence-electron chi connectivity index (χ2n) is 7.20. The lowest BCUT2D eigenvalue weighted by Gasteiger charge is -2.36. The number of carbonyl (C=O) groups excluding carboxylic acids is 2. The summed E-state index contributed by atoms with van der Waals surface area (Å²) in [5.41, 5.74) is 0.00229. The van der Waals surface area contributed by atoms with Gasteiger partial charge in [-0.1, -0.05) is 12.5 Å². The zero-order valence-corrected chi connectivity index (χ0v) is 14.7. The molecule has 1 aromatic rings. The molecule has 0 unspecified atom stereocenters. The zero-order chi connectivity index (χ0) is 16.6. The number of thiophene rings is 1. The molecule has 1 aliphatic carbocycles. The molecule has 3 heterocycles. The minimum Gasteiger partial charge on any atom is -0.378 e. The van der Waals surface area contributed by atoms with E-state index in [1.807, 2.05) is 27.3 Å². The summed E-state index contributed by atoms with van der Waals surface area (Å²) in [4.78, 5) is 30.4. The van der Waals surface area contributed by atoms with Crippen molar-refractivity contribution >= 4 is 23.2 Å². The number of nitrogens with zero attached hydrogens (tertiary/aromatic N) is 2. The number of carbonyl (C=O) groups is 2. The van der Waals surface area contributed by atoms with Gasteiger partial charge in [-0.05, 0) is 30.7 Å². The van der Waals surface area contributed by atoms with Crippen molar-refractivity contribution in [1.82, 2.24) is 9.80 Å². The number of morpholine rings is 1. The number of hydrogen-bond donors (Lipinski definition) is 0. The predicted molar refractivity (Wildman–Crippen MR) is 92.0 cm³/mol. The number of amides is 2. The quantitative estimate of drug-likeness (QED) is 0.824. The van der Waals surface area contributed by atoms with Crippen LogP contribution in [0.3, 0.4) is 0 Å². The molecule has 0 N–H and O–H groups in total. The molecular weight excluding hydrogens is 324 g/mol. The maximum absolute atomic E-state index is 13.0. The van der Waals surface area contributed by atoms with Crippen molar-refractivity contribution < 1.29 is 14.3 Å². The van der Waals surface area contributed by atoms with Crippen LogP contribution in [0.1, 0.15) is 35.4 Å². The van der Waals surface area contributed by atoms with Crippen LogP contribution in [0.2, 0.25) is 0 Å². The predicted octanol–water partition coefficient (Wildman–Crippen LogP) is 2.24. The maximum atomic E-state index is 13.0. The van der Waals surface area contributed by atoms with Crippen LogP contribution in [-0.4, -0.2) is 61.0 Å². The van der Waals surface area contributed by atoms with Crippen molar-refractivity contribution in [3.63, 3.8) is 0 Å². The van der Waals surface area contributed by atoms with Crippen LogP contribution in [0, 0.1) is 11.3 Å². The summed E-state index contributed by atoms with van der Waals surface area (Å²) in [5.74, 6) is 0.504. The number of ether oxygens (including phenoxy) is 1. The highest BCUT2D eigenvalue weighted by atomic mass is 32.1. The van der Waals surface area contributed by atoms with Crippen LogP contribution in [0.15, 0.2) is 17.5 Å². The third-order valence-electron chi connectivity index (χ3n) is 5.93. The average molecular weight is 348 g/mol. The minimum atomic E-state index is 0.00229. The molecular formula is C18H24N2O3S. The Morgan fingerprint density at radius 3 is 2.75 bits per heavy atom. The number of rotatable bonds is 2. The molecule has 2 atom stereocenters. The third kappa shape index (κ3) is 2.75. The monoisotopic (exact) mass is 348 g/mol. The second-order valence-corrected chi connectivity index (χ2v) is 8.15. The van der Waals surface area contributed by atoms with Crippen LogP contribution in [0.25, 0.3) is 0 Å². The fourth-order valence-electron chi connectivity index (χ4n) is 4.64. The van der Waals surface area contributed by atoms with E-state index < -0.39 is 0 Å². The van der Waals surface area contributed by atoms with Crippen LogP contribution < -0.4 is 0 Å². The average Bonchev–Trinajstić information content (AvgIpc) is 3.37. The Bertz CT molecular complexity index is 612. The highest BCUT2D eigenvalue weighted by Gasteiger charge is 2.52. The standard InChI is InChI=1S/C18H24N2O3S/c21-16(19-8-10-23-11-9-19)14-3-1-5-18(14)6-7-20(13-18)17(22)15-4-2-12-24-15/h2,4,12,14H,1,3,5-11,13H2/t14-,18+/m0/s1. The molecule has 2 aliphatic heterocycles. The second kappa shape index (κ2) is 6.48. The van der Waals surface area contributed by atoms with Gasteiger partial charge < -0.3 is 14.5 Å². The topological polar surface area (TPSA) is 49.9 Å². The van der Waals surface area contributed by atoms with Crippen molar-refractivity contribution in [3.05, 3.63) is 22.4 Å². The molecule has 6 heteroatoms. The third-order valence-corrected chi connectivity index (χ3v) is 6.79. The molecule has 0 radical (unpaired) electrons. The van der Waals surface area contributed by atoms with Crippen molar-refractivity contribution in [2.75, 3.05) is 39.4 Å². The van der Waals surface area contributed by atoms with E-state index in [4.69, 9.17) is 4.74 Å². The molecule has 5 nitrogen and oxygen atoms in total. The summed E-state index contributed by atoms with van der Waals surface area (Å²) in [5, 5.41) is 1.94. The molecule has 4 rings (SSSR count). The molecule has 24 heavy (non-hydrogen) atoms. The molecule has 0 aromatic carbocycles. The van der Waals surface area contributed by atoms with Gasteiger partial charge >= 0.3 is 0 Å². The Morgan fingerprint density at radius 2 is 2.00 bits per heavy atom. The van der Waals surface area contributed by atoms with E-state index in [-0.39, 0.29) is 17.2 Å². The molecule has 2 saturated heterocycles. The molecule has 1 saturated carbocycles. The van der Waals surface area contributed by atoms with Gasteiger partial charge in [-0.3, -0.25) is 9.59 Å². The first-order valence-electron chi connectivity index (χ1n) is 8.89. The van der Waals surface area contributed by atoms with E-state index in [1.54, 1.807) is 0 Å². The Kier molecular flexibility index (Phi) is 4.35. The Morgan fingerprint density at radius 1 is 1.17 bits per heavy atom. The van der Waals surface area contributed by atoms with E-state index in [1.165, 1.54) is 11.3 Å². The van der Waals surface area contributed by atoms with Gasteiger partial charge in [0.05, 0.1) is 18.1 Å². The lowest BCUT2D eigenvalue weighted by Crippen LogP contribution is -2.47. The van der Waals surface area contributed by atoms with Crippen LogP contribution in [0.4, 0.5) is 0 Å². The van der Waals surface area contributed by atoms with Gasteiger partial charge in [0.1, 0.15) is 0 Å². The Balaban J connectivity index is 1.48. The van der Waals surface area contributed by atoms with Gasteiger partial charge in [0, 0.05) is 37.5 Å². The fourth-order valence-corrected chi connectivity index (χ4v) is 5.33. The first kappa shape index (κ1) is 16.1. The van der Waals surface area contributed by atoms with Crippen LogP contribution in [-0.2, 0) is 9.53 Å². The Hall–Kier alpha value is -1.40. The molecule has 0 bridgehead atoms. The summed E-state index contributed by atoms with van der Waals surface area (Å²) in [6.45, 7) is 4.24. The van der Waals surface area contributed by atoms with Crippen molar-refractivity contribution in [3.8, 4) is 0 Å². The highest BCUT2D eigenvalue weighted by molar-refractivity contribution is 7.12. The smallest absolute Gasteiger partial charge is 0.263 e. The molecule has 130 valence electrons. The van der Waals surface area contributed by atoms with E-state index in [0.29, 0.717) is 32.2 Å². The summed E-state index contributed by atoms with van der Waals surface area (Å²) in [7, 11) is 0. The summed E-state index contributed by atoms with van der Waals surface area (Å²) in [6.07, 6.45) is 4.10. The first-order valence-corrected chi connectivity index (χ1v) is 9.77. The largest absolute Gasteiger partial charge is 0.378 e. The SMILES string of the molecule is O=C(c1cccs1)N1CC[C@]2(CCC[C@H]2C(=O)N2CCOCC2)C1. The highest BCUT2D eigenvalue weighted by Crippen LogP contribution is 2.50. The van der Waals surface area contributed by atoms with Crippen molar-refractivity contribution in [2.45, 2.75) is 25.7 Å². The van der Waals surface area contributed by atoms with Gasteiger partial charge in [0.2, 0.25) is 5.91 Å². The van der Waals surface area contributed by atoms with Crippen molar-refractivity contribution in [1.29, 1.82) is 0 Å². The summed E-state index contributed by atoms with van der Waals surface area (Å²) in [6, 6.07) is 3.81. The summed E-state index contributed by atoms with van der Waals surface area (Å²) < 4.78 is 5.37. The normalized spacial score (nSPS) is 30.2. The van der Waals surface area contributed by atoms with Gasteiger partial charge in [-0.15, -0.1) is 11.3 Å². The molecule has 1 spiro atoms. The maximum Gasteiger partial charge on any atom is 0.263 e. The number of hydrogen-bond acceptors (Lipinski definition) is 4. The van der Waals surface area contributed by atoms with E-state index in [0.717, 1.165) is 43.6 Å². The van der Waals surface area contributed by atoms with Gasteiger partial charge in [0.25, 0.3) is 5.91 Å². The van der Waals surface area contributed by atoms with Gasteiger partial charge in [-0.2, -0.15) is 0 Å². The first-order chi connectivity index (χ1) is 11.7. The molecule has 3 fully saturated rings. The van der Waals surface area contributed by atoms with E-state index >= 15 is 0 Å². The van der Waals surface area contributed by atoms with Gasteiger partial charge in [-0.25, -0.2) is 0 Å². The van der Waals surface area contributed by atoms with E-state index in [9.17, 15) is 9.59 Å². The molecule has 1 aromatic heterocycles. The van der Waals surface area contributed by atoms with Crippen LogP contribution >= 0.6 is 11.3 Å². The lowest BCUT2D eigenvalue weighted by atomic mass is 9.76. The molecule has 3 aliphatic rings. The summed E-state index contributed by atoms with van der Waals surface area (Å²) >= 11 is 1.50. The van der Waals surface area contributed by atoms with Crippen LogP contribution in [0.5, 0.6) is 0 Å². The van der Waals surface area contributed by atoms with Gasteiger partial charge in [0.15, 0.2) is 0 Å². The number of likely N-dealkylation sites (tertiary alicyclic amines) is 1. The fraction of sp³-hybridized carbons (Fsp3) is 0.667. The lowest BCUT2D eigenvalue weighted by molar-refractivity contribution is -0.143. The Labute approximate surface area is 146 Å². The molecule has 2 amide bonds. The zero-order valence-electron chi connectivity index (χ0n) is 13.9. The van der Waals surface area contributed by atoms with E-state index in [2.05, 4.69) is 0 Å². The van der Waals surface area contributed by atoms with Crippen molar-refractivity contribution in [2.24, 2.45) is 11.3 Å². The minimum absolute atomic E-state index is 0.00229.